The highest BCUT2D eigenvalue weighted by molar-refractivity contribution is 6.68. The van der Waals surface area contributed by atoms with Crippen molar-refractivity contribution in [3.05, 3.63) is 53.3 Å². The molecule has 3 amide bonds. The second kappa shape index (κ2) is 10.0. The number of nitrogens with zero attached hydrogens (tertiary/aromatic N) is 4. The smallest absolute Gasteiger partial charge is 0.417 e. The molecule has 0 radical (unpaired) electrons. The highest BCUT2D eigenvalue weighted by Crippen LogP contribution is 2.42. The van der Waals surface area contributed by atoms with Gasteiger partial charge in [-0.05, 0) is 24.3 Å². The Bertz CT molecular complexity index is 1290. The van der Waals surface area contributed by atoms with Crippen LogP contribution < -0.4 is 15.0 Å². The van der Waals surface area contributed by atoms with Crippen molar-refractivity contribution in [2.75, 3.05) is 24.4 Å². The lowest BCUT2D eigenvalue weighted by Gasteiger charge is -2.26. The molecule has 0 bridgehead atoms. The summed E-state index contributed by atoms with van der Waals surface area (Å²) >= 11 is 18.1. The van der Waals surface area contributed by atoms with Crippen LogP contribution in [0.4, 0.5) is 33.7 Å². The van der Waals surface area contributed by atoms with Crippen molar-refractivity contribution in [3.63, 3.8) is 0 Å². The third-order valence-corrected chi connectivity index (χ3v) is 5.53. The normalized spacial score (nSPS) is 16.4. The first-order valence-corrected chi connectivity index (χ1v) is 10.8. The number of halogens is 7. The van der Waals surface area contributed by atoms with Crippen LogP contribution in [-0.4, -0.2) is 46.8 Å². The lowest BCUT2D eigenvalue weighted by molar-refractivity contribution is -0.137. The molecular weight excluding hydrogens is 553 g/mol. The van der Waals surface area contributed by atoms with Crippen molar-refractivity contribution >= 4 is 64.0 Å². The molecule has 1 N–H and O–H groups in total. The Morgan fingerprint density at radius 3 is 2.31 bits per heavy atom. The van der Waals surface area contributed by atoms with Crippen molar-refractivity contribution in [2.24, 2.45) is 4.99 Å². The molecular formula is C21H14Cl3F4N5O3. The predicted octanol–water partition coefficient (Wildman–Crippen LogP) is 5.33. The Morgan fingerprint density at radius 2 is 1.78 bits per heavy atom. The summed E-state index contributed by atoms with van der Waals surface area (Å²) < 4.78 is 57.1. The van der Waals surface area contributed by atoms with E-state index in [-0.39, 0.29) is 11.4 Å². The number of ether oxygens (including phenoxy) is 1. The number of alkyl halides is 6. The molecule has 1 saturated heterocycles. The molecule has 36 heavy (non-hydrogen) atoms. The molecule has 2 aromatic rings. The van der Waals surface area contributed by atoms with Crippen molar-refractivity contribution in [2.45, 2.75) is 16.1 Å². The first kappa shape index (κ1) is 27.3. The van der Waals surface area contributed by atoms with Gasteiger partial charge in [-0.1, -0.05) is 46.9 Å². The van der Waals surface area contributed by atoms with E-state index in [0.717, 1.165) is 26.3 Å². The number of para-hydroxylation sites is 1. The maximum Gasteiger partial charge on any atom is 0.417 e. The lowest BCUT2D eigenvalue weighted by Crippen LogP contribution is -2.38. The van der Waals surface area contributed by atoms with Crippen LogP contribution >= 0.6 is 34.8 Å². The Balaban J connectivity index is 2.15. The number of rotatable bonds is 5. The van der Waals surface area contributed by atoms with Crippen molar-refractivity contribution < 1.29 is 31.9 Å². The van der Waals surface area contributed by atoms with Gasteiger partial charge in [0.2, 0.25) is 9.63 Å². The summed E-state index contributed by atoms with van der Waals surface area (Å²) in [5.41, 5.74) is -2.69. The molecule has 8 nitrogen and oxygen atoms in total. The Hall–Kier alpha value is -3.27. The molecule has 1 fully saturated rings. The van der Waals surface area contributed by atoms with E-state index in [1.165, 1.54) is 24.3 Å². The van der Waals surface area contributed by atoms with Crippen LogP contribution in [0.25, 0.3) is 0 Å². The number of amides is 3. The quantitative estimate of drug-likeness (QED) is 0.300. The third kappa shape index (κ3) is 5.13. The van der Waals surface area contributed by atoms with Crippen LogP contribution in [0.5, 0.6) is 5.75 Å². The van der Waals surface area contributed by atoms with Gasteiger partial charge in [-0.25, -0.2) is 19.1 Å². The summed E-state index contributed by atoms with van der Waals surface area (Å²) in [6.45, 7) is 0. The number of aliphatic imine (C=N–C) groups is 1. The molecule has 1 unspecified atom stereocenters. The Kier molecular flexibility index (Phi) is 7.59. The van der Waals surface area contributed by atoms with Gasteiger partial charge in [-0.15, -0.1) is 0 Å². The van der Waals surface area contributed by atoms with Crippen LogP contribution in [0, 0.1) is 17.1 Å². The minimum absolute atomic E-state index is 0.245. The maximum absolute atomic E-state index is 14.5. The number of urea groups is 1. The number of nitriles is 1. The van der Waals surface area contributed by atoms with Crippen LogP contribution in [0.3, 0.4) is 0 Å². The molecule has 190 valence electrons. The van der Waals surface area contributed by atoms with Gasteiger partial charge in [0.1, 0.15) is 17.4 Å². The average Bonchev–Trinajstić information content (AvgIpc) is 3.00. The van der Waals surface area contributed by atoms with Crippen molar-refractivity contribution in [3.8, 4) is 11.8 Å². The first-order valence-electron chi connectivity index (χ1n) is 9.68. The van der Waals surface area contributed by atoms with E-state index >= 15 is 0 Å². The summed E-state index contributed by atoms with van der Waals surface area (Å²) in [6.07, 6.45) is -6.60. The number of methoxy groups -OCH3 is 1. The number of hydrogen-bond acceptors (Lipinski definition) is 6. The van der Waals surface area contributed by atoms with E-state index in [2.05, 4.69) is 10.3 Å². The van der Waals surface area contributed by atoms with E-state index in [4.69, 9.17) is 39.5 Å². The number of carbonyl (C=O) groups excluding carboxylic acids is 2. The molecule has 0 aromatic heterocycles. The molecule has 1 aliphatic rings. The summed E-state index contributed by atoms with van der Waals surface area (Å²) in [4.78, 5) is 30.8. The van der Waals surface area contributed by atoms with Crippen LogP contribution in [0.2, 0.25) is 0 Å². The minimum Gasteiger partial charge on any atom is -0.493 e. The van der Waals surface area contributed by atoms with Crippen LogP contribution in [-0.2, 0) is 11.0 Å². The molecule has 1 aliphatic heterocycles. The zero-order valence-corrected chi connectivity index (χ0v) is 20.5. The van der Waals surface area contributed by atoms with E-state index in [9.17, 15) is 32.4 Å². The number of nitrogens with one attached hydrogen (secondary N) is 1. The van der Waals surface area contributed by atoms with Gasteiger partial charge < -0.3 is 10.1 Å². The Morgan fingerprint density at radius 1 is 1.14 bits per heavy atom. The molecule has 15 heteroatoms. The minimum atomic E-state index is -4.87. The van der Waals surface area contributed by atoms with Crippen molar-refractivity contribution in [1.29, 1.82) is 5.26 Å². The van der Waals surface area contributed by atoms with E-state index in [1.54, 1.807) is 0 Å². The van der Waals surface area contributed by atoms with E-state index in [1.807, 2.05) is 0 Å². The lowest BCUT2D eigenvalue weighted by atomic mass is 10.1. The number of likely N-dealkylation sites (N-methyl/N-ethyl adjacent to an activating group) is 1. The highest BCUT2D eigenvalue weighted by atomic mass is 35.6. The fourth-order valence-electron chi connectivity index (χ4n) is 3.25. The van der Waals surface area contributed by atoms with Gasteiger partial charge in [0.25, 0.3) is 5.91 Å². The Labute approximate surface area is 216 Å². The van der Waals surface area contributed by atoms with Gasteiger partial charge >= 0.3 is 12.2 Å². The summed E-state index contributed by atoms with van der Waals surface area (Å²) in [5, 5.41) is 11.9. The number of hydrogen-bond donors (Lipinski definition) is 1. The van der Waals surface area contributed by atoms with Gasteiger partial charge in [0, 0.05) is 7.05 Å². The summed E-state index contributed by atoms with van der Waals surface area (Å²) in [6, 6.07) is 7.02. The van der Waals surface area contributed by atoms with E-state index < -0.39 is 56.6 Å². The number of imide groups is 1. The monoisotopic (exact) mass is 565 g/mol. The number of anilines is 2. The highest BCUT2D eigenvalue weighted by Gasteiger charge is 2.45. The third-order valence-electron chi connectivity index (χ3n) is 4.91. The van der Waals surface area contributed by atoms with Gasteiger partial charge in [0.05, 0.1) is 24.0 Å². The predicted molar refractivity (Wildman–Crippen MR) is 125 cm³/mol. The zero-order chi connectivity index (χ0) is 27.0. The topological polar surface area (TPSA) is 98.0 Å². The standard InChI is InChI=1S/C21H14Cl3F4N5O3/c1-32-17(34)16(33(19(32)35)14-6-4-3-5-12(14)25)31-18(20(22,23)24)30-13-8-7-11(21(26,27)28)10(9-29)15(13)36-2/h3-8,18,30H,1-2H3. The van der Waals surface area contributed by atoms with E-state index in [0.29, 0.717) is 15.9 Å². The fraction of sp³-hybridized carbons (Fsp3) is 0.238. The van der Waals surface area contributed by atoms with Gasteiger partial charge in [-0.2, -0.15) is 18.4 Å². The fourth-order valence-corrected chi connectivity index (χ4v) is 3.56. The number of carbonyl (C=O) groups is 2. The van der Waals surface area contributed by atoms with Crippen molar-refractivity contribution in [1.82, 2.24) is 4.90 Å². The first-order chi connectivity index (χ1) is 16.7. The second-order valence-electron chi connectivity index (χ2n) is 7.15. The van der Waals surface area contributed by atoms with Gasteiger partial charge in [-0.3, -0.25) is 9.69 Å². The SMILES string of the molecule is COc1c(NC(N=C2C(=O)N(C)C(=O)N2c2ccccc2F)C(Cl)(Cl)Cl)ccc(C(F)(F)F)c1C#N. The maximum atomic E-state index is 14.5. The van der Waals surface area contributed by atoms with Crippen LogP contribution in [0.1, 0.15) is 11.1 Å². The molecule has 3 rings (SSSR count). The summed E-state index contributed by atoms with van der Waals surface area (Å²) in [5.74, 6) is -3.00. The summed E-state index contributed by atoms with van der Waals surface area (Å²) in [7, 11) is 2.14. The molecule has 0 spiro atoms. The number of benzene rings is 2. The van der Waals surface area contributed by atoms with Crippen LogP contribution in [0.15, 0.2) is 41.4 Å². The molecule has 1 atom stereocenters. The molecule has 0 saturated carbocycles. The largest absolute Gasteiger partial charge is 0.493 e. The molecule has 0 aliphatic carbocycles. The zero-order valence-electron chi connectivity index (χ0n) is 18.2. The number of amidine groups is 1. The molecule has 1 heterocycles. The average molecular weight is 567 g/mol. The van der Waals surface area contributed by atoms with Gasteiger partial charge in [0.15, 0.2) is 11.9 Å². The molecule has 2 aromatic carbocycles. The second-order valence-corrected chi connectivity index (χ2v) is 9.52.